The zero-order chi connectivity index (χ0) is 16.2. The maximum atomic E-state index is 12.2. The van der Waals surface area contributed by atoms with Crippen LogP contribution in [0.2, 0.25) is 0 Å². The van der Waals surface area contributed by atoms with Gasteiger partial charge in [0.05, 0.1) is 0 Å². The predicted octanol–water partition coefficient (Wildman–Crippen LogP) is 2.29. The molecule has 0 N–H and O–H groups in total. The highest BCUT2D eigenvalue weighted by atomic mass is 32.2. The van der Waals surface area contributed by atoms with Crippen LogP contribution in [0.4, 0.5) is 0 Å². The molecule has 1 amide bonds. The Bertz CT molecular complexity index is 590. The first-order chi connectivity index (χ1) is 10.4. The molecule has 4 nitrogen and oxygen atoms in total. The number of rotatable bonds is 5. The second-order valence-corrected chi connectivity index (χ2v) is 8.63. The van der Waals surface area contributed by atoms with Gasteiger partial charge in [-0.2, -0.15) is 0 Å². The van der Waals surface area contributed by atoms with Gasteiger partial charge in [-0.3, -0.25) is 4.79 Å². The number of carbonyl (C=O) groups is 1. The number of aryl methyl sites for hydroxylation is 1. The van der Waals surface area contributed by atoms with E-state index in [0.29, 0.717) is 19.0 Å². The van der Waals surface area contributed by atoms with Gasteiger partial charge >= 0.3 is 0 Å². The second kappa shape index (κ2) is 7.27. The van der Waals surface area contributed by atoms with E-state index >= 15 is 0 Å². The Morgan fingerprint density at radius 2 is 1.82 bits per heavy atom. The van der Waals surface area contributed by atoms with Crippen LogP contribution in [0, 0.1) is 5.92 Å². The fourth-order valence-electron chi connectivity index (χ4n) is 2.90. The van der Waals surface area contributed by atoms with Gasteiger partial charge in [-0.15, -0.1) is 0 Å². The van der Waals surface area contributed by atoms with Gasteiger partial charge in [-0.25, -0.2) is 8.42 Å². The van der Waals surface area contributed by atoms with Crippen molar-refractivity contribution in [2.75, 3.05) is 19.3 Å². The number of piperidine rings is 1. The maximum absolute atomic E-state index is 12.2. The summed E-state index contributed by atoms with van der Waals surface area (Å²) in [6.07, 6.45) is 5.26. The number of carbonyl (C=O) groups excluding carboxylic acids is 1. The molecule has 22 heavy (non-hydrogen) atoms. The average Bonchev–Trinajstić information content (AvgIpc) is 2.52. The topological polar surface area (TPSA) is 54.5 Å². The molecule has 1 aromatic carbocycles. The van der Waals surface area contributed by atoms with Crippen molar-refractivity contribution in [3.8, 4) is 0 Å². The van der Waals surface area contributed by atoms with Crippen molar-refractivity contribution in [1.29, 1.82) is 0 Å². The fraction of sp³-hybridized carbons (Fsp3) is 0.588. The molecule has 1 atom stereocenters. The van der Waals surface area contributed by atoms with Crippen LogP contribution in [0.25, 0.3) is 0 Å². The average molecular weight is 323 g/mol. The molecule has 1 aliphatic rings. The summed E-state index contributed by atoms with van der Waals surface area (Å²) in [7, 11) is -3.30. The summed E-state index contributed by atoms with van der Waals surface area (Å²) in [5.74, 6) is 0.377. The fourth-order valence-corrected chi connectivity index (χ4v) is 3.41. The molecule has 1 aromatic rings. The highest BCUT2D eigenvalue weighted by Crippen LogP contribution is 2.23. The first-order valence-electron chi connectivity index (χ1n) is 7.89. The van der Waals surface area contributed by atoms with Crippen LogP contribution in [-0.2, 0) is 21.1 Å². The maximum Gasteiger partial charge on any atom is 0.240 e. The molecule has 1 unspecified atom stereocenters. The van der Waals surface area contributed by atoms with Crippen LogP contribution in [0.3, 0.4) is 0 Å². The van der Waals surface area contributed by atoms with E-state index in [-0.39, 0.29) is 5.91 Å². The molecule has 1 aliphatic heterocycles. The summed E-state index contributed by atoms with van der Waals surface area (Å²) in [6.45, 7) is 2.84. The van der Waals surface area contributed by atoms with Crippen molar-refractivity contribution in [2.24, 2.45) is 5.92 Å². The lowest BCUT2D eigenvalue weighted by molar-refractivity contribution is -0.131. The Hall–Kier alpha value is -1.36. The van der Waals surface area contributed by atoms with E-state index in [9.17, 15) is 13.2 Å². The van der Waals surface area contributed by atoms with E-state index in [1.807, 2.05) is 6.07 Å². The number of benzene rings is 1. The Morgan fingerprint density at radius 3 is 2.36 bits per heavy atom. The zero-order valence-corrected chi connectivity index (χ0v) is 14.2. The molecule has 0 saturated carbocycles. The SMILES string of the molecule is CC(C(=O)N1CCC(CCc2ccccc2)CC1)S(C)(=O)=O. The third-order valence-electron chi connectivity index (χ3n) is 4.60. The standard InChI is InChI=1S/C17H25NO3S/c1-14(22(2,20)21)17(19)18-12-10-16(11-13-18)9-8-15-6-4-3-5-7-15/h3-7,14,16H,8-13H2,1-2H3. The van der Waals surface area contributed by atoms with E-state index in [1.165, 1.54) is 12.5 Å². The number of likely N-dealkylation sites (tertiary alicyclic amines) is 1. The van der Waals surface area contributed by atoms with Gasteiger partial charge in [0.15, 0.2) is 9.84 Å². The zero-order valence-electron chi connectivity index (χ0n) is 13.4. The van der Waals surface area contributed by atoms with Crippen LogP contribution < -0.4 is 0 Å². The number of hydrogen-bond acceptors (Lipinski definition) is 3. The number of sulfone groups is 1. The molecule has 5 heteroatoms. The lowest BCUT2D eigenvalue weighted by atomic mass is 9.90. The molecular formula is C17H25NO3S. The first kappa shape index (κ1) is 17.0. The van der Waals surface area contributed by atoms with E-state index in [1.54, 1.807) is 4.90 Å². The summed E-state index contributed by atoms with van der Waals surface area (Å²) in [6, 6.07) is 10.4. The molecule has 0 bridgehead atoms. The monoisotopic (exact) mass is 323 g/mol. The molecule has 0 radical (unpaired) electrons. The molecular weight excluding hydrogens is 298 g/mol. The molecule has 1 fully saturated rings. The summed E-state index contributed by atoms with van der Waals surface area (Å²) in [4.78, 5) is 13.9. The Kier molecular flexibility index (Phi) is 5.62. The highest BCUT2D eigenvalue weighted by molar-refractivity contribution is 7.92. The minimum Gasteiger partial charge on any atom is -0.342 e. The van der Waals surface area contributed by atoms with Crippen LogP contribution in [0.1, 0.15) is 31.7 Å². The molecule has 0 aromatic heterocycles. The minimum atomic E-state index is -3.30. The summed E-state index contributed by atoms with van der Waals surface area (Å²) >= 11 is 0. The quantitative estimate of drug-likeness (QED) is 0.835. The van der Waals surface area contributed by atoms with Crippen LogP contribution in [-0.4, -0.2) is 43.8 Å². The summed E-state index contributed by atoms with van der Waals surface area (Å²) in [5, 5.41) is -0.923. The lowest BCUT2D eigenvalue weighted by Crippen LogP contribution is -2.45. The Balaban J connectivity index is 1.79. The van der Waals surface area contributed by atoms with Crippen LogP contribution >= 0.6 is 0 Å². The van der Waals surface area contributed by atoms with E-state index in [0.717, 1.165) is 31.9 Å². The van der Waals surface area contributed by atoms with Gasteiger partial charge in [-0.05, 0) is 44.1 Å². The van der Waals surface area contributed by atoms with Crippen molar-refractivity contribution in [2.45, 2.75) is 37.9 Å². The van der Waals surface area contributed by atoms with Crippen molar-refractivity contribution < 1.29 is 13.2 Å². The molecule has 2 rings (SSSR count). The molecule has 0 aliphatic carbocycles. The highest BCUT2D eigenvalue weighted by Gasteiger charge is 2.30. The molecule has 122 valence electrons. The van der Waals surface area contributed by atoms with Crippen molar-refractivity contribution in [3.63, 3.8) is 0 Å². The Labute approximate surface area is 133 Å². The van der Waals surface area contributed by atoms with Gasteiger partial charge in [0.25, 0.3) is 0 Å². The molecule has 1 saturated heterocycles. The third kappa shape index (κ3) is 4.57. The Morgan fingerprint density at radius 1 is 1.23 bits per heavy atom. The molecule has 1 heterocycles. The van der Waals surface area contributed by atoms with E-state index in [2.05, 4.69) is 24.3 Å². The van der Waals surface area contributed by atoms with Crippen LogP contribution in [0.15, 0.2) is 30.3 Å². The van der Waals surface area contributed by atoms with Gasteiger partial charge in [0.2, 0.25) is 5.91 Å². The second-order valence-electron chi connectivity index (χ2n) is 6.26. The lowest BCUT2D eigenvalue weighted by Gasteiger charge is -2.33. The van der Waals surface area contributed by atoms with Crippen molar-refractivity contribution in [1.82, 2.24) is 4.90 Å². The van der Waals surface area contributed by atoms with Crippen LogP contribution in [0.5, 0.6) is 0 Å². The number of nitrogens with zero attached hydrogens (tertiary/aromatic N) is 1. The normalized spacial score (nSPS) is 18.2. The van der Waals surface area contributed by atoms with Gasteiger partial charge < -0.3 is 4.90 Å². The van der Waals surface area contributed by atoms with Crippen molar-refractivity contribution in [3.05, 3.63) is 35.9 Å². The predicted molar refractivity (Wildman–Crippen MR) is 88.4 cm³/mol. The largest absolute Gasteiger partial charge is 0.342 e. The van der Waals surface area contributed by atoms with Crippen molar-refractivity contribution >= 4 is 15.7 Å². The number of amides is 1. The van der Waals surface area contributed by atoms with Gasteiger partial charge in [-0.1, -0.05) is 30.3 Å². The first-order valence-corrected chi connectivity index (χ1v) is 9.85. The smallest absolute Gasteiger partial charge is 0.240 e. The molecule has 0 spiro atoms. The minimum absolute atomic E-state index is 0.246. The summed E-state index contributed by atoms with van der Waals surface area (Å²) in [5.41, 5.74) is 1.35. The van der Waals surface area contributed by atoms with Gasteiger partial charge in [0.1, 0.15) is 5.25 Å². The van der Waals surface area contributed by atoms with E-state index < -0.39 is 15.1 Å². The third-order valence-corrected chi connectivity index (χ3v) is 6.09. The summed E-state index contributed by atoms with van der Waals surface area (Å²) < 4.78 is 23.0. The van der Waals surface area contributed by atoms with E-state index in [4.69, 9.17) is 0 Å². The van der Waals surface area contributed by atoms with Gasteiger partial charge in [0, 0.05) is 19.3 Å². The number of hydrogen-bond donors (Lipinski definition) is 0.